The highest BCUT2D eigenvalue weighted by atomic mass is 16.1. The quantitative estimate of drug-likeness (QED) is 0.531. The molecule has 0 saturated carbocycles. The van der Waals surface area contributed by atoms with Crippen LogP contribution in [0.5, 0.6) is 0 Å². The third-order valence-corrected chi connectivity index (χ3v) is 1.38. The fraction of sp³-hybridized carbons (Fsp3) is 0.429. The number of aromatic amines is 1. The molecular weight excluding hydrogens is 156 g/mol. The molecular formula is C7H12N4O. The van der Waals surface area contributed by atoms with Crippen LogP contribution >= 0.6 is 0 Å². The molecule has 1 heterocycles. The maximum absolute atomic E-state index is 11.0. The van der Waals surface area contributed by atoms with Crippen molar-refractivity contribution >= 4 is 5.82 Å². The summed E-state index contributed by atoms with van der Waals surface area (Å²) >= 11 is 0. The number of rotatable bonds is 4. The number of nitrogens with one attached hydrogen (secondary N) is 2. The minimum atomic E-state index is -0.200. The molecule has 0 atom stereocenters. The summed E-state index contributed by atoms with van der Waals surface area (Å²) < 4.78 is 0. The van der Waals surface area contributed by atoms with E-state index in [-0.39, 0.29) is 5.56 Å². The van der Waals surface area contributed by atoms with Crippen LogP contribution in [0.1, 0.15) is 6.42 Å². The number of hydrogen-bond acceptors (Lipinski definition) is 4. The molecule has 0 aliphatic heterocycles. The van der Waals surface area contributed by atoms with Crippen LogP contribution in [0.15, 0.2) is 17.2 Å². The van der Waals surface area contributed by atoms with E-state index in [0.717, 1.165) is 6.42 Å². The number of anilines is 1. The van der Waals surface area contributed by atoms with Gasteiger partial charge in [0, 0.05) is 18.9 Å². The van der Waals surface area contributed by atoms with Gasteiger partial charge in [-0.3, -0.25) is 4.79 Å². The number of nitrogens with zero attached hydrogens (tertiary/aromatic N) is 1. The van der Waals surface area contributed by atoms with E-state index in [4.69, 9.17) is 5.73 Å². The first-order valence-electron chi connectivity index (χ1n) is 3.82. The van der Waals surface area contributed by atoms with Crippen LogP contribution in [0, 0.1) is 0 Å². The Balaban J connectivity index is 2.52. The third-order valence-electron chi connectivity index (χ3n) is 1.38. The van der Waals surface area contributed by atoms with Crippen LogP contribution in [0.25, 0.3) is 0 Å². The van der Waals surface area contributed by atoms with Gasteiger partial charge in [-0.2, -0.15) is 0 Å². The van der Waals surface area contributed by atoms with Crippen molar-refractivity contribution in [2.24, 2.45) is 5.73 Å². The minimum Gasteiger partial charge on any atom is -0.365 e. The smallest absolute Gasteiger partial charge is 0.290 e. The van der Waals surface area contributed by atoms with Gasteiger partial charge in [0.05, 0.1) is 0 Å². The van der Waals surface area contributed by atoms with E-state index in [0.29, 0.717) is 18.9 Å². The molecule has 0 fully saturated rings. The summed E-state index contributed by atoms with van der Waals surface area (Å²) in [4.78, 5) is 17.4. The lowest BCUT2D eigenvalue weighted by molar-refractivity contribution is 0.866. The molecule has 0 amide bonds. The number of hydrogen-bond donors (Lipinski definition) is 3. The van der Waals surface area contributed by atoms with Crippen molar-refractivity contribution in [3.8, 4) is 0 Å². The zero-order valence-corrected chi connectivity index (χ0v) is 6.71. The van der Waals surface area contributed by atoms with Crippen molar-refractivity contribution in [2.75, 3.05) is 18.4 Å². The van der Waals surface area contributed by atoms with Gasteiger partial charge in [0.1, 0.15) is 0 Å². The lowest BCUT2D eigenvalue weighted by Gasteiger charge is -2.01. The van der Waals surface area contributed by atoms with Crippen LogP contribution in [-0.4, -0.2) is 23.1 Å². The van der Waals surface area contributed by atoms with E-state index in [1.54, 1.807) is 0 Å². The first kappa shape index (κ1) is 8.73. The Bertz CT molecular complexity index is 283. The summed E-state index contributed by atoms with van der Waals surface area (Å²) in [5, 5.41) is 2.88. The SMILES string of the molecule is NCCCNc1ncc[nH]c1=O. The zero-order chi connectivity index (χ0) is 8.81. The Labute approximate surface area is 70.0 Å². The highest BCUT2D eigenvalue weighted by Crippen LogP contribution is 1.88. The lowest BCUT2D eigenvalue weighted by atomic mass is 10.4. The predicted octanol–water partition coefficient (Wildman–Crippen LogP) is -0.469. The number of nitrogens with two attached hydrogens (primary N) is 1. The Morgan fingerprint density at radius 1 is 1.67 bits per heavy atom. The molecule has 0 unspecified atom stereocenters. The molecule has 4 N–H and O–H groups in total. The summed E-state index contributed by atoms with van der Waals surface area (Å²) in [7, 11) is 0. The van der Waals surface area contributed by atoms with E-state index < -0.39 is 0 Å². The van der Waals surface area contributed by atoms with E-state index in [1.165, 1.54) is 12.4 Å². The second kappa shape index (κ2) is 4.50. The Morgan fingerprint density at radius 3 is 3.17 bits per heavy atom. The maximum Gasteiger partial charge on any atom is 0.290 e. The molecule has 0 radical (unpaired) electrons. The molecule has 5 heteroatoms. The van der Waals surface area contributed by atoms with Crippen molar-refractivity contribution in [1.29, 1.82) is 0 Å². The summed E-state index contributed by atoms with van der Waals surface area (Å²) in [5.74, 6) is 0.353. The molecule has 0 spiro atoms. The summed E-state index contributed by atoms with van der Waals surface area (Å²) in [6.45, 7) is 1.29. The molecule has 0 aliphatic carbocycles. The Hall–Kier alpha value is -1.36. The van der Waals surface area contributed by atoms with Crippen molar-refractivity contribution in [2.45, 2.75) is 6.42 Å². The van der Waals surface area contributed by atoms with Gasteiger partial charge >= 0.3 is 0 Å². The molecule has 0 aromatic carbocycles. The van der Waals surface area contributed by atoms with Crippen LogP contribution < -0.4 is 16.6 Å². The van der Waals surface area contributed by atoms with Crippen LogP contribution in [0.2, 0.25) is 0 Å². The molecule has 1 aromatic rings. The maximum atomic E-state index is 11.0. The average Bonchev–Trinajstić information content (AvgIpc) is 2.09. The zero-order valence-electron chi connectivity index (χ0n) is 6.71. The second-order valence-corrected chi connectivity index (χ2v) is 2.34. The van der Waals surface area contributed by atoms with Crippen molar-refractivity contribution in [3.63, 3.8) is 0 Å². The monoisotopic (exact) mass is 168 g/mol. The molecule has 1 aromatic heterocycles. The van der Waals surface area contributed by atoms with E-state index in [1.807, 2.05) is 0 Å². The Morgan fingerprint density at radius 2 is 2.50 bits per heavy atom. The van der Waals surface area contributed by atoms with Gasteiger partial charge in [0.15, 0.2) is 5.82 Å². The van der Waals surface area contributed by atoms with E-state index in [2.05, 4.69) is 15.3 Å². The first-order chi connectivity index (χ1) is 5.84. The fourth-order valence-electron chi connectivity index (χ4n) is 0.787. The van der Waals surface area contributed by atoms with E-state index >= 15 is 0 Å². The Kier molecular flexibility index (Phi) is 3.28. The average molecular weight is 168 g/mol. The molecule has 0 aliphatic rings. The van der Waals surface area contributed by atoms with E-state index in [9.17, 15) is 4.79 Å². The highest BCUT2D eigenvalue weighted by Gasteiger charge is 1.95. The predicted molar refractivity (Wildman–Crippen MR) is 47.0 cm³/mol. The van der Waals surface area contributed by atoms with Gasteiger partial charge in [-0.1, -0.05) is 0 Å². The van der Waals surface area contributed by atoms with Gasteiger partial charge in [0.2, 0.25) is 0 Å². The molecule has 12 heavy (non-hydrogen) atoms. The molecule has 0 saturated heterocycles. The fourth-order valence-corrected chi connectivity index (χ4v) is 0.787. The molecule has 66 valence electrons. The van der Waals surface area contributed by atoms with Gasteiger partial charge in [-0.15, -0.1) is 0 Å². The number of H-pyrrole nitrogens is 1. The topological polar surface area (TPSA) is 83.8 Å². The third kappa shape index (κ3) is 2.35. The largest absolute Gasteiger partial charge is 0.365 e. The first-order valence-corrected chi connectivity index (χ1v) is 3.82. The summed E-state index contributed by atoms with van der Waals surface area (Å²) in [6, 6.07) is 0. The molecule has 1 rings (SSSR count). The van der Waals surface area contributed by atoms with Gasteiger partial charge < -0.3 is 16.0 Å². The molecule has 5 nitrogen and oxygen atoms in total. The van der Waals surface area contributed by atoms with Crippen LogP contribution in [-0.2, 0) is 0 Å². The summed E-state index contributed by atoms with van der Waals surface area (Å²) in [6.07, 6.45) is 3.86. The van der Waals surface area contributed by atoms with Crippen LogP contribution in [0.4, 0.5) is 5.82 Å². The van der Waals surface area contributed by atoms with Gasteiger partial charge in [0.25, 0.3) is 5.56 Å². The number of aromatic nitrogens is 2. The van der Waals surface area contributed by atoms with Crippen LogP contribution in [0.3, 0.4) is 0 Å². The standard InChI is InChI=1S/C7H12N4O/c8-2-1-3-9-6-7(12)11-5-4-10-6/h4-5H,1-3,8H2,(H,9,10)(H,11,12). The van der Waals surface area contributed by atoms with Gasteiger partial charge in [-0.25, -0.2) is 4.98 Å². The van der Waals surface area contributed by atoms with Crippen molar-refractivity contribution in [1.82, 2.24) is 9.97 Å². The minimum absolute atomic E-state index is 0.200. The summed E-state index contributed by atoms with van der Waals surface area (Å²) in [5.41, 5.74) is 5.08. The normalized spacial score (nSPS) is 9.75. The highest BCUT2D eigenvalue weighted by molar-refractivity contribution is 5.29. The lowest BCUT2D eigenvalue weighted by Crippen LogP contribution is -2.17. The van der Waals surface area contributed by atoms with Crippen molar-refractivity contribution < 1.29 is 0 Å². The second-order valence-electron chi connectivity index (χ2n) is 2.34. The van der Waals surface area contributed by atoms with Gasteiger partial charge in [-0.05, 0) is 13.0 Å². The van der Waals surface area contributed by atoms with Crippen molar-refractivity contribution in [3.05, 3.63) is 22.7 Å². The molecule has 0 bridgehead atoms.